The first kappa shape index (κ1) is 24.5. The van der Waals surface area contributed by atoms with Crippen LogP contribution in [-0.4, -0.2) is 29.3 Å². The number of hydrogen-bond acceptors (Lipinski definition) is 4. The van der Waals surface area contributed by atoms with E-state index in [1.54, 1.807) is 12.1 Å². The Morgan fingerprint density at radius 3 is 2.31 bits per heavy atom. The summed E-state index contributed by atoms with van der Waals surface area (Å²) in [7, 11) is 0. The highest BCUT2D eigenvalue weighted by molar-refractivity contribution is 7.10. The Morgan fingerprint density at radius 2 is 1.71 bits per heavy atom. The number of urea groups is 1. The molecule has 2 N–H and O–H groups in total. The van der Waals surface area contributed by atoms with E-state index in [9.17, 15) is 23.2 Å². The van der Waals surface area contributed by atoms with Gasteiger partial charge in [0.25, 0.3) is 5.91 Å². The fourth-order valence-corrected chi connectivity index (χ4v) is 5.04. The number of carbonyl (C=O) groups is 3. The number of amides is 4. The summed E-state index contributed by atoms with van der Waals surface area (Å²) in [5.74, 6) is -1.94. The lowest BCUT2D eigenvalue weighted by Gasteiger charge is -2.27. The van der Waals surface area contributed by atoms with Gasteiger partial charge in [0.15, 0.2) is 0 Å². The summed E-state index contributed by atoms with van der Waals surface area (Å²) in [6.45, 7) is 1.48. The molecular formula is C26H25F2N3O3S. The number of rotatable bonds is 9. The summed E-state index contributed by atoms with van der Waals surface area (Å²) in [6.07, 6.45) is 1.76. The van der Waals surface area contributed by atoms with Crippen molar-refractivity contribution in [3.63, 3.8) is 0 Å². The van der Waals surface area contributed by atoms with Crippen LogP contribution in [0.5, 0.6) is 0 Å². The molecule has 2 heterocycles. The van der Waals surface area contributed by atoms with Gasteiger partial charge in [0.05, 0.1) is 6.04 Å². The quantitative estimate of drug-likeness (QED) is 0.414. The highest BCUT2D eigenvalue weighted by Crippen LogP contribution is 2.34. The van der Waals surface area contributed by atoms with Crippen LogP contribution in [0.1, 0.15) is 48.2 Å². The van der Waals surface area contributed by atoms with Crippen LogP contribution in [0, 0.1) is 11.6 Å². The maximum absolute atomic E-state index is 13.5. The smallest absolute Gasteiger partial charge is 0.325 e. The number of benzene rings is 2. The van der Waals surface area contributed by atoms with Crippen molar-refractivity contribution in [3.05, 3.63) is 93.7 Å². The number of nitrogens with one attached hydrogen (secondary N) is 2. The number of unbranched alkanes of at least 4 members (excludes halogenated alkanes) is 1. The Bertz CT molecular complexity index is 1200. The van der Waals surface area contributed by atoms with E-state index in [0.717, 1.165) is 16.2 Å². The maximum Gasteiger partial charge on any atom is 0.325 e. The normalized spacial score (nSPS) is 18.4. The van der Waals surface area contributed by atoms with Crippen LogP contribution in [0.4, 0.5) is 13.6 Å². The van der Waals surface area contributed by atoms with Crippen molar-refractivity contribution >= 4 is 29.2 Å². The molecule has 2 atom stereocenters. The molecule has 1 aliphatic rings. The molecule has 0 saturated carbocycles. The number of halogens is 2. The van der Waals surface area contributed by atoms with E-state index >= 15 is 0 Å². The van der Waals surface area contributed by atoms with Gasteiger partial charge in [-0.25, -0.2) is 13.6 Å². The van der Waals surface area contributed by atoms with Gasteiger partial charge in [-0.2, -0.15) is 0 Å². The van der Waals surface area contributed by atoms with Crippen molar-refractivity contribution in [1.29, 1.82) is 0 Å². The van der Waals surface area contributed by atoms with Crippen LogP contribution in [0.25, 0.3) is 0 Å². The number of nitrogens with zero attached hydrogens (tertiary/aromatic N) is 1. The Hall–Kier alpha value is -3.59. The molecule has 0 spiro atoms. The van der Waals surface area contributed by atoms with Crippen LogP contribution in [0.3, 0.4) is 0 Å². The van der Waals surface area contributed by atoms with Crippen molar-refractivity contribution in [1.82, 2.24) is 15.5 Å². The van der Waals surface area contributed by atoms with Crippen LogP contribution >= 0.6 is 11.3 Å². The molecule has 1 aliphatic heterocycles. The van der Waals surface area contributed by atoms with E-state index in [1.165, 1.54) is 47.7 Å². The highest BCUT2D eigenvalue weighted by Gasteiger charge is 2.52. The topological polar surface area (TPSA) is 78.5 Å². The van der Waals surface area contributed by atoms with Crippen LogP contribution in [0.15, 0.2) is 66.0 Å². The van der Waals surface area contributed by atoms with Crippen LogP contribution < -0.4 is 10.6 Å². The zero-order valence-electron chi connectivity index (χ0n) is 19.1. The predicted molar refractivity (Wildman–Crippen MR) is 129 cm³/mol. The summed E-state index contributed by atoms with van der Waals surface area (Å²) < 4.78 is 27.0. The number of thiophene rings is 1. The Balaban J connectivity index is 1.56. The van der Waals surface area contributed by atoms with Gasteiger partial charge in [0, 0.05) is 4.88 Å². The summed E-state index contributed by atoms with van der Waals surface area (Å²) >= 11 is 1.42. The molecule has 0 bridgehead atoms. The van der Waals surface area contributed by atoms with Gasteiger partial charge < -0.3 is 10.6 Å². The minimum absolute atomic E-state index is 0.325. The Morgan fingerprint density at radius 1 is 1.06 bits per heavy atom. The SMILES string of the molecule is CCCCC1(c2ccc(F)cc2)NC(=O)N(CC(=O)NC(c2ccc(F)cc2)c2cccs2)C1=O. The van der Waals surface area contributed by atoms with Crippen molar-refractivity contribution < 1.29 is 23.2 Å². The first-order valence-corrected chi connectivity index (χ1v) is 12.2. The van der Waals surface area contributed by atoms with E-state index in [-0.39, 0.29) is 0 Å². The third-order valence-corrected chi connectivity index (χ3v) is 6.99. The van der Waals surface area contributed by atoms with E-state index in [0.29, 0.717) is 24.0 Å². The highest BCUT2D eigenvalue weighted by atomic mass is 32.1. The molecule has 0 aliphatic carbocycles. The molecule has 182 valence electrons. The zero-order valence-corrected chi connectivity index (χ0v) is 19.9. The molecule has 1 aromatic heterocycles. The molecule has 35 heavy (non-hydrogen) atoms. The fraction of sp³-hybridized carbons (Fsp3) is 0.269. The minimum atomic E-state index is -1.36. The molecule has 4 amide bonds. The lowest BCUT2D eigenvalue weighted by atomic mass is 9.85. The monoisotopic (exact) mass is 497 g/mol. The molecule has 2 aromatic carbocycles. The lowest BCUT2D eigenvalue weighted by Crippen LogP contribution is -2.45. The van der Waals surface area contributed by atoms with Crippen molar-refractivity contribution in [2.75, 3.05) is 6.54 Å². The second-order valence-corrected chi connectivity index (χ2v) is 9.38. The molecule has 1 saturated heterocycles. The van der Waals surface area contributed by atoms with Crippen LogP contribution in [-0.2, 0) is 15.1 Å². The Kier molecular flexibility index (Phi) is 7.25. The third-order valence-electron chi connectivity index (χ3n) is 6.06. The van der Waals surface area contributed by atoms with E-state index < -0.39 is 47.6 Å². The van der Waals surface area contributed by atoms with E-state index in [1.807, 2.05) is 24.4 Å². The summed E-state index contributed by atoms with van der Waals surface area (Å²) in [5.41, 5.74) is -0.218. The zero-order chi connectivity index (χ0) is 25.0. The summed E-state index contributed by atoms with van der Waals surface area (Å²) in [6, 6.07) is 13.7. The molecule has 3 aromatic rings. The average Bonchev–Trinajstić information content (AvgIpc) is 3.46. The predicted octanol–water partition coefficient (Wildman–Crippen LogP) is 4.87. The van der Waals surface area contributed by atoms with Crippen molar-refractivity contribution in [2.45, 2.75) is 37.8 Å². The van der Waals surface area contributed by atoms with Gasteiger partial charge in [-0.15, -0.1) is 11.3 Å². The molecular weight excluding hydrogens is 472 g/mol. The number of carbonyl (C=O) groups excluding carboxylic acids is 3. The summed E-state index contributed by atoms with van der Waals surface area (Å²) in [4.78, 5) is 41.1. The lowest BCUT2D eigenvalue weighted by molar-refractivity contribution is -0.135. The van der Waals surface area contributed by atoms with Gasteiger partial charge in [-0.3, -0.25) is 14.5 Å². The first-order chi connectivity index (χ1) is 16.8. The molecule has 2 unspecified atom stereocenters. The average molecular weight is 498 g/mol. The fourth-order valence-electron chi connectivity index (χ4n) is 4.24. The molecule has 4 rings (SSSR count). The maximum atomic E-state index is 13.5. The molecule has 1 fully saturated rings. The first-order valence-electron chi connectivity index (χ1n) is 11.3. The van der Waals surface area contributed by atoms with E-state index in [4.69, 9.17) is 0 Å². The minimum Gasteiger partial charge on any atom is -0.343 e. The second kappa shape index (κ2) is 10.4. The third kappa shape index (κ3) is 5.09. The standard InChI is InChI=1S/C26H25F2N3O3S/c1-2-3-14-26(18-8-12-20(28)13-9-18)24(33)31(25(34)30-26)16-22(32)29-23(21-5-4-15-35-21)17-6-10-19(27)11-7-17/h4-13,15,23H,2-3,14,16H2,1H3,(H,29,32)(H,30,34). The molecule has 6 nitrogen and oxygen atoms in total. The number of hydrogen-bond donors (Lipinski definition) is 2. The van der Waals surface area contributed by atoms with Crippen molar-refractivity contribution in [3.8, 4) is 0 Å². The van der Waals surface area contributed by atoms with Crippen molar-refractivity contribution in [2.24, 2.45) is 0 Å². The van der Waals surface area contributed by atoms with Gasteiger partial charge in [0.1, 0.15) is 23.7 Å². The van der Waals surface area contributed by atoms with Gasteiger partial charge in [0.2, 0.25) is 5.91 Å². The summed E-state index contributed by atoms with van der Waals surface area (Å²) in [5, 5.41) is 7.49. The second-order valence-electron chi connectivity index (χ2n) is 8.40. The molecule has 9 heteroatoms. The van der Waals surface area contributed by atoms with Gasteiger partial charge in [-0.1, -0.05) is 50.1 Å². The number of imide groups is 1. The van der Waals surface area contributed by atoms with Gasteiger partial charge in [-0.05, 0) is 53.3 Å². The van der Waals surface area contributed by atoms with Gasteiger partial charge >= 0.3 is 6.03 Å². The Labute approximate surface area is 206 Å². The van der Waals surface area contributed by atoms with Crippen LogP contribution in [0.2, 0.25) is 0 Å². The largest absolute Gasteiger partial charge is 0.343 e. The molecule has 0 radical (unpaired) electrons. The van der Waals surface area contributed by atoms with E-state index in [2.05, 4.69) is 10.6 Å².